The maximum Gasteiger partial charge on any atom is 0.244 e. The minimum atomic E-state index is -0.595. The van der Waals surface area contributed by atoms with E-state index in [2.05, 4.69) is 33.5 Å². The Morgan fingerprint density at radius 2 is 1.93 bits per heavy atom. The van der Waals surface area contributed by atoms with Crippen molar-refractivity contribution in [1.82, 2.24) is 15.5 Å². The number of hydrogen-bond acceptors (Lipinski definition) is 5. The number of hydrogen-bond donors (Lipinski definition) is 3. The largest absolute Gasteiger partial charge is 0.396 e. The summed E-state index contributed by atoms with van der Waals surface area (Å²) in [4.78, 5) is 41.4. The lowest BCUT2D eigenvalue weighted by molar-refractivity contribution is -0.140. The first-order chi connectivity index (χ1) is 13.9. The Kier molecular flexibility index (Phi) is 7.54. The van der Waals surface area contributed by atoms with E-state index in [1.807, 2.05) is 6.92 Å². The third-order valence-electron chi connectivity index (χ3n) is 6.28. The van der Waals surface area contributed by atoms with Gasteiger partial charge in [-0.25, -0.2) is 0 Å². The van der Waals surface area contributed by atoms with Crippen LogP contribution < -0.4 is 10.6 Å². The summed E-state index contributed by atoms with van der Waals surface area (Å²) >= 11 is 5.38. The summed E-state index contributed by atoms with van der Waals surface area (Å²) < 4.78 is -0.587. The number of fused-ring (bicyclic) bond motifs is 1. The van der Waals surface area contributed by atoms with Gasteiger partial charge in [0.1, 0.15) is 6.04 Å². The fraction of sp³-hybridized carbons (Fsp3) is 0.850. The monoisotopic (exact) mass is 489 g/mol. The molecule has 3 fully saturated rings. The quantitative estimate of drug-likeness (QED) is 0.317. The summed E-state index contributed by atoms with van der Waals surface area (Å²) in [6, 6.07) is -0.595. The number of carbonyl (C=O) groups excluding carboxylic acids is 3. The highest BCUT2D eigenvalue weighted by molar-refractivity contribution is 9.09. The van der Waals surface area contributed by atoms with Crippen LogP contribution in [0.4, 0.5) is 0 Å². The van der Waals surface area contributed by atoms with Crippen LogP contribution in [0.3, 0.4) is 0 Å². The average Bonchev–Trinajstić information content (AvgIpc) is 3.28. The number of aliphatic hydroxyl groups excluding tert-OH is 1. The van der Waals surface area contributed by atoms with E-state index in [1.165, 1.54) is 0 Å². The molecular formula is C20H32BrN3O4S. The van der Waals surface area contributed by atoms with Crippen molar-refractivity contribution in [1.29, 1.82) is 0 Å². The predicted molar refractivity (Wildman–Crippen MR) is 117 cm³/mol. The number of unbranched alkanes of at least 4 members (excludes halogenated alkanes) is 1. The summed E-state index contributed by atoms with van der Waals surface area (Å²) in [6.45, 7) is 5.53. The topological polar surface area (TPSA) is 98.7 Å². The second-order valence-corrected chi connectivity index (χ2v) is 10.9. The first kappa shape index (κ1) is 22.9. The Morgan fingerprint density at radius 1 is 1.21 bits per heavy atom. The van der Waals surface area contributed by atoms with Crippen molar-refractivity contribution in [2.24, 2.45) is 11.8 Å². The number of nitrogens with one attached hydrogen (secondary N) is 2. The first-order valence-electron chi connectivity index (χ1n) is 10.7. The minimum absolute atomic E-state index is 0.00765. The lowest BCUT2D eigenvalue weighted by atomic mass is 9.70. The SMILES string of the molecule is CCCCNC(=O)C1N(CCCO)C(=O)[C@@H]2[C@H](C(=O)NCCC)[C@H]3SC12CC3Br. The molecular weight excluding hydrogens is 458 g/mol. The number of likely N-dealkylation sites (tertiary alicyclic amines) is 1. The smallest absolute Gasteiger partial charge is 0.244 e. The van der Waals surface area contributed by atoms with E-state index in [0.717, 1.165) is 19.3 Å². The molecule has 3 unspecified atom stereocenters. The fourth-order valence-electron chi connectivity index (χ4n) is 5.06. The summed E-state index contributed by atoms with van der Waals surface area (Å²) in [5.74, 6) is -1.23. The highest BCUT2D eigenvalue weighted by Gasteiger charge is 2.75. The average molecular weight is 490 g/mol. The molecule has 164 valence electrons. The van der Waals surface area contributed by atoms with Crippen molar-refractivity contribution in [3.8, 4) is 0 Å². The number of rotatable bonds is 10. The third kappa shape index (κ3) is 3.94. The highest BCUT2D eigenvalue weighted by atomic mass is 79.9. The van der Waals surface area contributed by atoms with Crippen LogP contribution in [0, 0.1) is 11.8 Å². The van der Waals surface area contributed by atoms with E-state index < -0.39 is 22.6 Å². The maximum atomic E-state index is 13.5. The molecule has 1 spiro atoms. The number of amides is 3. The lowest BCUT2D eigenvalue weighted by Crippen LogP contribution is -2.55. The van der Waals surface area contributed by atoms with Gasteiger partial charge in [0, 0.05) is 36.3 Å². The van der Waals surface area contributed by atoms with Crippen LogP contribution in [0.2, 0.25) is 0 Å². The molecule has 0 aromatic rings. The highest BCUT2D eigenvalue weighted by Crippen LogP contribution is 2.67. The van der Waals surface area contributed by atoms with Crippen LogP contribution in [0.15, 0.2) is 0 Å². The van der Waals surface area contributed by atoms with Crippen molar-refractivity contribution in [3.63, 3.8) is 0 Å². The molecule has 0 aromatic carbocycles. The zero-order chi connectivity index (χ0) is 21.2. The normalized spacial score (nSPS) is 35.1. The molecule has 29 heavy (non-hydrogen) atoms. The predicted octanol–water partition coefficient (Wildman–Crippen LogP) is 1.28. The molecule has 0 radical (unpaired) electrons. The zero-order valence-electron chi connectivity index (χ0n) is 17.2. The molecule has 3 N–H and O–H groups in total. The maximum absolute atomic E-state index is 13.5. The molecule has 7 nitrogen and oxygen atoms in total. The van der Waals surface area contributed by atoms with E-state index in [-0.39, 0.29) is 34.4 Å². The summed E-state index contributed by atoms with van der Waals surface area (Å²) in [5, 5.41) is 15.3. The number of halogens is 1. The number of aliphatic hydroxyl groups is 1. The number of thioether (sulfide) groups is 1. The van der Waals surface area contributed by atoms with Crippen LogP contribution >= 0.6 is 27.7 Å². The van der Waals surface area contributed by atoms with Gasteiger partial charge >= 0.3 is 0 Å². The molecule has 3 aliphatic rings. The van der Waals surface area contributed by atoms with Crippen molar-refractivity contribution in [3.05, 3.63) is 0 Å². The van der Waals surface area contributed by atoms with E-state index in [9.17, 15) is 19.5 Å². The van der Waals surface area contributed by atoms with E-state index in [4.69, 9.17) is 0 Å². The molecule has 3 aliphatic heterocycles. The van der Waals surface area contributed by atoms with Crippen molar-refractivity contribution in [2.45, 2.75) is 66.8 Å². The molecule has 2 bridgehead atoms. The Hall–Kier alpha value is -0.800. The van der Waals surface area contributed by atoms with Crippen LogP contribution in [0.1, 0.15) is 46.0 Å². The Morgan fingerprint density at radius 3 is 2.59 bits per heavy atom. The molecule has 0 saturated carbocycles. The number of carbonyl (C=O) groups is 3. The molecule has 3 heterocycles. The third-order valence-corrected chi connectivity index (χ3v) is 9.50. The van der Waals surface area contributed by atoms with E-state index in [0.29, 0.717) is 32.5 Å². The summed E-state index contributed by atoms with van der Waals surface area (Å²) in [6.07, 6.45) is 3.82. The Labute approximate surface area is 185 Å². The van der Waals surface area contributed by atoms with Crippen LogP contribution in [0.5, 0.6) is 0 Å². The second-order valence-electron chi connectivity index (χ2n) is 8.21. The zero-order valence-corrected chi connectivity index (χ0v) is 19.6. The van der Waals surface area contributed by atoms with E-state index >= 15 is 0 Å². The van der Waals surface area contributed by atoms with Gasteiger partial charge in [-0.1, -0.05) is 36.2 Å². The fourth-order valence-corrected chi connectivity index (χ4v) is 8.68. The van der Waals surface area contributed by atoms with Crippen LogP contribution in [-0.4, -0.2) is 74.8 Å². The molecule has 0 aromatic heterocycles. The molecule has 9 heteroatoms. The summed E-state index contributed by atoms with van der Waals surface area (Å²) in [5.41, 5.74) is 0. The minimum Gasteiger partial charge on any atom is -0.396 e. The van der Waals surface area contributed by atoms with Gasteiger partial charge < -0.3 is 20.6 Å². The van der Waals surface area contributed by atoms with Gasteiger partial charge in [-0.2, -0.15) is 0 Å². The van der Waals surface area contributed by atoms with Crippen LogP contribution in [0.25, 0.3) is 0 Å². The molecule has 0 aliphatic carbocycles. The lowest BCUT2D eigenvalue weighted by Gasteiger charge is -2.35. The number of nitrogens with zero attached hydrogens (tertiary/aromatic N) is 1. The van der Waals surface area contributed by atoms with Gasteiger partial charge in [-0.3, -0.25) is 14.4 Å². The van der Waals surface area contributed by atoms with Gasteiger partial charge in [0.2, 0.25) is 17.7 Å². The van der Waals surface area contributed by atoms with Crippen LogP contribution in [-0.2, 0) is 14.4 Å². The van der Waals surface area contributed by atoms with Gasteiger partial charge in [0.15, 0.2) is 0 Å². The van der Waals surface area contributed by atoms with Gasteiger partial charge in [0.05, 0.1) is 16.6 Å². The second kappa shape index (κ2) is 9.56. The van der Waals surface area contributed by atoms with Crippen molar-refractivity contribution in [2.75, 3.05) is 26.2 Å². The Bertz CT molecular complexity index is 651. The first-order valence-corrected chi connectivity index (χ1v) is 12.5. The van der Waals surface area contributed by atoms with Gasteiger partial charge in [0.25, 0.3) is 0 Å². The van der Waals surface area contributed by atoms with Crippen molar-refractivity contribution < 1.29 is 19.5 Å². The van der Waals surface area contributed by atoms with E-state index in [1.54, 1.807) is 16.7 Å². The number of alkyl halides is 1. The van der Waals surface area contributed by atoms with Gasteiger partial charge in [-0.05, 0) is 25.7 Å². The molecule has 3 saturated heterocycles. The molecule has 6 atom stereocenters. The van der Waals surface area contributed by atoms with Gasteiger partial charge in [-0.15, -0.1) is 11.8 Å². The molecule has 3 amide bonds. The molecule has 3 rings (SSSR count). The Balaban J connectivity index is 1.92. The summed E-state index contributed by atoms with van der Waals surface area (Å²) in [7, 11) is 0. The standard InChI is InChI=1S/C20H32BrN3O4S/c1-3-5-8-23-18(27)16-20-11-12(21)15(29-20)13(17(26)22-7-4-2)14(20)19(28)24(16)9-6-10-25/h12-16,25H,3-11H2,1-2H3,(H,22,26)(H,23,27)/t12?,13-,14-,15-,16?,20?/m0/s1. The van der Waals surface area contributed by atoms with Crippen molar-refractivity contribution >= 4 is 45.4 Å².